The fourth-order valence-corrected chi connectivity index (χ4v) is 7.26. The summed E-state index contributed by atoms with van der Waals surface area (Å²) in [6.07, 6.45) is 6.01. The average molecular weight is 589 g/mol. The van der Waals surface area contributed by atoms with Crippen LogP contribution in [0.4, 0.5) is 10.7 Å². The summed E-state index contributed by atoms with van der Waals surface area (Å²) in [5.41, 5.74) is 4.08. The van der Waals surface area contributed by atoms with Crippen LogP contribution in [0.5, 0.6) is 5.88 Å². The highest BCUT2D eigenvalue weighted by atomic mass is 32.2. The molecule has 5 heterocycles. The summed E-state index contributed by atoms with van der Waals surface area (Å²) in [5, 5.41) is 0. The maximum atomic E-state index is 12.2. The lowest BCUT2D eigenvalue weighted by atomic mass is 10.1. The molecule has 2 aliphatic heterocycles. The van der Waals surface area contributed by atoms with Crippen LogP contribution in [0.3, 0.4) is 0 Å². The Morgan fingerprint density at radius 1 is 1.05 bits per heavy atom. The van der Waals surface area contributed by atoms with E-state index < -0.39 is 9.84 Å². The third kappa shape index (κ3) is 6.16. The highest BCUT2D eigenvalue weighted by molar-refractivity contribution is 7.89. The van der Waals surface area contributed by atoms with Crippen molar-refractivity contribution in [2.24, 2.45) is 0 Å². The molecule has 3 aromatic heterocycles. The van der Waals surface area contributed by atoms with Crippen molar-refractivity contribution >= 4 is 43.4 Å². The second-order valence-electron chi connectivity index (χ2n) is 10.4. The minimum atomic E-state index is -3.30. The first kappa shape index (κ1) is 28.5. The van der Waals surface area contributed by atoms with Crippen LogP contribution in [0.15, 0.2) is 12.3 Å². The van der Waals surface area contributed by atoms with Gasteiger partial charge < -0.3 is 19.3 Å². The molecular weight excluding hydrogens is 552 g/mol. The highest BCUT2D eigenvalue weighted by Crippen LogP contribution is 2.39. The van der Waals surface area contributed by atoms with Crippen LogP contribution in [-0.2, 0) is 26.9 Å². The summed E-state index contributed by atoms with van der Waals surface area (Å²) >= 11 is 1.65. The van der Waals surface area contributed by atoms with E-state index in [9.17, 15) is 13.2 Å². The van der Waals surface area contributed by atoms with Crippen molar-refractivity contribution in [3.63, 3.8) is 0 Å². The number of hydrogen-bond acceptors (Lipinski definition) is 11. The summed E-state index contributed by atoms with van der Waals surface area (Å²) in [6, 6.07) is 1.83. The zero-order chi connectivity index (χ0) is 28.4. The number of piperazine rings is 1. The number of sulfone groups is 1. The molecule has 2 saturated heterocycles. The molecule has 216 valence electrons. The fourth-order valence-electron chi connectivity index (χ4n) is 5.38. The summed E-state index contributed by atoms with van der Waals surface area (Å²) in [6.45, 7) is 7.37. The second-order valence-corrected chi connectivity index (χ2v) is 13.8. The summed E-state index contributed by atoms with van der Waals surface area (Å²) in [4.78, 5) is 34.0. The number of pyridine rings is 1. The number of fused-ring (bicyclic) bond motifs is 1. The number of amides is 1. The Morgan fingerprint density at radius 3 is 2.42 bits per heavy atom. The van der Waals surface area contributed by atoms with Crippen molar-refractivity contribution in [2.75, 3.05) is 64.6 Å². The minimum absolute atomic E-state index is 0.170. The van der Waals surface area contributed by atoms with Gasteiger partial charge in [0, 0.05) is 79.8 Å². The molecular formula is C27H36N6O5S2. The van der Waals surface area contributed by atoms with Crippen molar-refractivity contribution < 1.29 is 22.7 Å². The molecule has 0 bridgehead atoms. The Morgan fingerprint density at radius 2 is 1.77 bits per heavy atom. The molecule has 0 saturated carbocycles. The van der Waals surface area contributed by atoms with Gasteiger partial charge >= 0.3 is 6.09 Å². The number of piperidine rings is 1. The van der Waals surface area contributed by atoms with E-state index in [1.165, 1.54) is 26.9 Å². The molecule has 3 aromatic rings. The standard InChI is InChI=1S/C27H36N6O5S2/c1-18-21(16-31-10-12-33(13-11-31)27(34)38-3)23-24(39-18)22(29-26(30-23)32-8-6-5-7-9-32)19-14-20(17-40(4,35)36)25(37-2)28-15-19/h14-15H,5-13,16-17H2,1-4H3. The Balaban J connectivity index is 1.57. The predicted molar refractivity (Wildman–Crippen MR) is 156 cm³/mol. The highest BCUT2D eigenvalue weighted by Gasteiger charge is 2.26. The molecule has 0 radical (unpaired) electrons. The van der Waals surface area contributed by atoms with Crippen molar-refractivity contribution in [3.05, 3.63) is 28.3 Å². The smallest absolute Gasteiger partial charge is 0.409 e. The molecule has 1 amide bonds. The number of carbonyl (C=O) groups is 1. The van der Waals surface area contributed by atoms with Crippen LogP contribution in [-0.4, -0.2) is 99.0 Å². The number of nitrogens with zero attached hydrogens (tertiary/aromatic N) is 6. The van der Waals surface area contributed by atoms with E-state index in [1.54, 1.807) is 22.4 Å². The average Bonchev–Trinajstić information content (AvgIpc) is 3.26. The van der Waals surface area contributed by atoms with E-state index in [0.29, 0.717) is 30.5 Å². The van der Waals surface area contributed by atoms with Gasteiger partial charge in [-0.25, -0.2) is 28.2 Å². The Labute approximate surface area is 239 Å². The monoisotopic (exact) mass is 588 g/mol. The molecule has 11 nitrogen and oxygen atoms in total. The summed E-state index contributed by atoms with van der Waals surface area (Å²) < 4.78 is 35.5. The maximum absolute atomic E-state index is 12.2. The number of rotatable bonds is 7. The molecule has 13 heteroatoms. The van der Waals surface area contributed by atoms with Crippen LogP contribution >= 0.6 is 11.3 Å². The fraction of sp³-hybridized carbons (Fsp3) is 0.556. The van der Waals surface area contributed by atoms with E-state index in [1.807, 2.05) is 6.07 Å². The first-order valence-electron chi connectivity index (χ1n) is 13.5. The predicted octanol–water partition coefficient (Wildman–Crippen LogP) is 3.49. The number of carbonyl (C=O) groups excluding carboxylic acids is 1. The molecule has 5 rings (SSSR count). The number of thiophene rings is 1. The topological polar surface area (TPSA) is 118 Å². The van der Waals surface area contributed by atoms with Crippen LogP contribution in [0.1, 0.15) is 35.3 Å². The lowest BCUT2D eigenvalue weighted by Crippen LogP contribution is -2.48. The quantitative estimate of drug-likeness (QED) is 0.406. The summed E-state index contributed by atoms with van der Waals surface area (Å²) in [7, 11) is -0.400. The third-order valence-electron chi connectivity index (χ3n) is 7.46. The number of methoxy groups -OCH3 is 2. The summed E-state index contributed by atoms with van der Waals surface area (Å²) in [5.74, 6) is 0.818. The second kappa shape index (κ2) is 11.8. The van der Waals surface area contributed by atoms with Gasteiger partial charge in [-0.05, 0) is 32.3 Å². The van der Waals surface area contributed by atoms with Crippen molar-refractivity contribution in [1.29, 1.82) is 0 Å². The van der Waals surface area contributed by atoms with Crippen LogP contribution in [0, 0.1) is 6.92 Å². The van der Waals surface area contributed by atoms with E-state index >= 15 is 0 Å². The Bertz CT molecular complexity index is 1490. The lowest BCUT2D eigenvalue weighted by molar-refractivity contribution is 0.0890. The van der Waals surface area contributed by atoms with Crippen molar-refractivity contribution in [2.45, 2.75) is 38.5 Å². The first-order valence-corrected chi connectivity index (χ1v) is 16.4. The number of anilines is 1. The van der Waals surface area contributed by atoms with E-state index in [4.69, 9.17) is 19.4 Å². The van der Waals surface area contributed by atoms with Gasteiger partial charge in [0.05, 0.1) is 35.9 Å². The first-order chi connectivity index (χ1) is 19.2. The molecule has 0 atom stereocenters. The van der Waals surface area contributed by atoms with Crippen molar-refractivity contribution in [3.8, 4) is 17.1 Å². The normalized spacial score (nSPS) is 16.9. The largest absolute Gasteiger partial charge is 0.481 e. The molecule has 0 N–H and O–H groups in total. The van der Waals surface area contributed by atoms with E-state index in [-0.39, 0.29) is 11.8 Å². The Hall–Kier alpha value is -3.03. The van der Waals surface area contributed by atoms with Gasteiger partial charge in [0.25, 0.3) is 0 Å². The zero-order valence-electron chi connectivity index (χ0n) is 23.5. The molecule has 0 aliphatic carbocycles. The Kier molecular flexibility index (Phi) is 8.43. The molecule has 0 aromatic carbocycles. The minimum Gasteiger partial charge on any atom is -0.481 e. The number of hydrogen-bond donors (Lipinski definition) is 0. The molecule has 40 heavy (non-hydrogen) atoms. The van der Waals surface area contributed by atoms with Gasteiger partial charge in [-0.3, -0.25) is 4.90 Å². The molecule has 0 spiro atoms. The number of aryl methyl sites for hydroxylation is 1. The molecule has 2 fully saturated rings. The third-order valence-corrected chi connectivity index (χ3v) is 9.43. The van der Waals surface area contributed by atoms with Crippen molar-refractivity contribution in [1.82, 2.24) is 24.8 Å². The lowest BCUT2D eigenvalue weighted by Gasteiger charge is -2.33. The SMILES string of the molecule is COC(=O)N1CCN(Cc2c(C)sc3c(-c4cnc(OC)c(CS(C)(=O)=O)c4)nc(N4CCCCC4)nc23)CC1. The van der Waals surface area contributed by atoms with Gasteiger partial charge in [-0.1, -0.05) is 0 Å². The van der Waals surface area contributed by atoms with E-state index in [2.05, 4.69) is 21.7 Å². The van der Waals surface area contributed by atoms with Gasteiger partial charge in [0.1, 0.15) is 0 Å². The van der Waals surface area contributed by atoms with Gasteiger partial charge in [-0.15, -0.1) is 11.3 Å². The van der Waals surface area contributed by atoms with Crippen LogP contribution in [0.25, 0.3) is 21.5 Å². The van der Waals surface area contributed by atoms with Gasteiger partial charge in [0.15, 0.2) is 9.84 Å². The van der Waals surface area contributed by atoms with Crippen LogP contribution < -0.4 is 9.64 Å². The number of ether oxygens (including phenoxy) is 2. The van der Waals surface area contributed by atoms with Gasteiger partial charge in [-0.2, -0.15) is 0 Å². The van der Waals surface area contributed by atoms with E-state index in [0.717, 1.165) is 77.5 Å². The molecule has 0 unspecified atom stereocenters. The maximum Gasteiger partial charge on any atom is 0.409 e. The zero-order valence-corrected chi connectivity index (χ0v) is 25.1. The molecule has 2 aliphatic rings. The van der Waals surface area contributed by atoms with Gasteiger partial charge in [0.2, 0.25) is 11.8 Å². The van der Waals surface area contributed by atoms with Crippen LogP contribution in [0.2, 0.25) is 0 Å². The number of aromatic nitrogens is 3.